The van der Waals surface area contributed by atoms with Crippen molar-refractivity contribution in [3.05, 3.63) is 71.1 Å². The van der Waals surface area contributed by atoms with Gasteiger partial charge < -0.3 is 0 Å². The molecule has 0 spiro atoms. The first-order valence-corrected chi connectivity index (χ1v) is 6.58. The van der Waals surface area contributed by atoms with Crippen molar-refractivity contribution in [3.8, 4) is 0 Å². The van der Waals surface area contributed by atoms with Gasteiger partial charge in [-0.05, 0) is 17.7 Å². The lowest BCUT2D eigenvalue weighted by atomic mass is 9.98. The van der Waals surface area contributed by atoms with Crippen LogP contribution in [0.25, 0.3) is 10.9 Å². The molecule has 0 aliphatic heterocycles. The molecular weight excluding hydrogens is 272 g/mol. The standard InChI is InChI=1S/C15H13ClN4/c16-13-7-6-11(9-19-13)15(20-17)12-5-1-3-10-4-2-8-18-14(10)12/h1-9,15,20H,17H2. The third-order valence-corrected chi connectivity index (χ3v) is 3.45. The zero-order valence-corrected chi connectivity index (χ0v) is 11.4. The molecule has 3 rings (SSSR count). The Morgan fingerprint density at radius 3 is 2.65 bits per heavy atom. The van der Waals surface area contributed by atoms with Crippen LogP contribution < -0.4 is 11.3 Å². The van der Waals surface area contributed by atoms with E-state index in [1.54, 1.807) is 18.5 Å². The van der Waals surface area contributed by atoms with Crippen LogP contribution in [-0.2, 0) is 0 Å². The predicted octanol–water partition coefficient (Wildman–Crippen LogP) is 2.84. The number of hydrazine groups is 1. The second kappa shape index (κ2) is 5.54. The lowest BCUT2D eigenvalue weighted by Gasteiger charge is -2.18. The highest BCUT2D eigenvalue weighted by molar-refractivity contribution is 6.29. The molecule has 100 valence electrons. The Balaban J connectivity index is 2.14. The van der Waals surface area contributed by atoms with Crippen molar-refractivity contribution in [3.63, 3.8) is 0 Å². The van der Waals surface area contributed by atoms with Gasteiger partial charge in [-0.15, -0.1) is 0 Å². The molecule has 4 nitrogen and oxygen atoms in total. The number of halogens is 1. The maximum Gasteiger partial charge on any atom is 0.129 e. The fourth-order valence-corrected chi connectivity index (χ4v) is 2.40. The van der Waals surface area contributed by atoms with Crippen molar-refractivity contribution in [2.75, 3.05) is 0 Å². The lowest BCUT2D eigenvalue weighted by Crippen LogP contribution is -2.29. The van der Waals surface area contributed by atoms with E-state index in [1.165, 1.54) is 0 Å². The van der Waals surface area contributed by atoms with Gasteiger partial charge in [0.15, 0.2) is 0 Å². The quantitative estimate of drug-likeness (QED) is 0.441. The number of aromatic nitrogens is 2. The maximum absolute atomic E-state index is 5.83. The van der Waals surface area contributed by atoms with E-state index in [0.29, 0.717) is 5.15 Å². The molecule has 0 saturated heterocycles. The van der Waals surface area contributed by atoms with E-state index < -0.39 is 0 Å². The van der Waals surface area contributed by atoms with Crippen molar-refractivity contribution in [2.45, 2.75) is 6.04 Å². The summed E-state index contributed by atoms with van der Waals surface area (Å²) in [5.41, 5.74) is 5.70. The Morgan fingerprint density at radius 1 is 1.05 bits per heavy atom. The molecule has 20 heavy (non-hydrogen) atoms. The largest absolute Gasteiger partial charge is 0.271 e. The van der Waals surface area contributed by atoms with Gasteiger partial charge in [0.25, 0.3) is 0 Å². The van der Waals surface area contributed by atoms with Gasteiger partial charge in [0, 0.05) is 23.3 Å². The van der Waals surface area contributed by atoms with Crippen LogP contribution in [0.1, 0.15) is 17.2 Å². The first kappa shape index (κ1) is 13.0. The predicted molar refractivity (Wildman–Crippen MR) is 80.2 cm³/mol. The molecule has 3 N–H and O–H groups in total. The first-order valence-electron chi connectivity index (χ1n) is 6.21. The van der Waals surface area contributed by atoms with Gasteiger partial charge in [-0.25, -0.2) is 10.4 Å². The number of pyridine rings is 2. The van der Waals surface area contributed by atoms with Gasteiger partial charge in [0.05, 0.1) is 11.6 Å². The van der Waals surface area contributed by atoms with Crippen LogP contribution in [0.3, 0.4) is 0 Å². The van der Waals surface area contributed by atoms with Crippen LogP contribution in [0, 0.1) is 0 Å². The molecule has 0 radical (unpaired) electrons. The minimum atomic E-state index is -0.182. The van der Waals surface area contributed by atoms with Gasteiger partial charge in [-0.3, -0.25) is 10.8 Å². The molecule has 0 fully saturated rings. The van der Waals surface area contributed by atoms with E-state index in [9.17, 15) is 0 Å². The third-order valence-electron chi connectivity index (χ3n) is 3.23. The fourth-order valence-electron chi connectivity index (χ4n) is 2.28. The van der Waals surface area contributed by atoms with Crippen molar-refractivity contribution >= 4 is 22.5 Å². The molecule has 2 heterocycles. The summed E-state index contributed by atoms with van der Waals surface area (Å²) in [7, 11) is 0. The highest BCUT2D eigenvalue weighted by Gasteiger charge is 2.16. The Labute approximate surface area is 121 Å². The molecule has 3 aromatic rings. The van der Waals surface area contributed by atoms with Crippen LogP contribution in [-0.4, -0.2) is 9.97 Å². The maximum atomic E-state index is 5.83. The number of hydrogen-bond acceptors (Lipinski definition) is 4. The van der Waals surface area contributed by atoms with E-state index >= 15 is 0 Å². The number of nitrogens with two attached hydrogens (primary N) is 1. The van der Waals surface area contributed by atoms with Gasteiger partial charge in [-0.1, -0.05) is 41.9 Å². The highest BCUT2D eigenvalue weighted by Crippen LogP contribution is 2.27. The van der Waals surface area contributed by atoms with Crippen LogP contribution in [0.5, 0.6) is 0 Å². The molecule has 1 unspecified atom stereocenters. The zero-order chi connectivity index (χ0) is 13.9. The number of nitrogens with zero attached hydrogens (tertiary/aromatic N) is 2. The molecule has 0 bridgehead atoms. The summed E-state index contributed by atoms with van der Waals surface area (Å²) in [6.45, 7) is 0. The number of nitrogens with one attached hydrogen (secondary N) is 1. The molecular formula is C15H13ClN4. The summed E-state index contributed by atoms with van der Waals surface area (Å²) in [5.74, 6) is 5.73. The van der Waals surface area contributed by atoms with Crippen LogP contribution in [0.4, 0.5) is 0 Å². The summed E-state index contributed by atoms with van der Waals surface area (Å²) >= 11 is 5.83. The highest BCUT2D eigenvalue weighted by atomic mass is 35.5. The normalized spacial score (nSPS) is 12.5. The van der Waals surface area contributed by atoms with E-state index in [2.05, 4.69) is 15.4 Å². The molecule has 0 saturated carbocycles. The van der Waals surface area contributed by atoms with Crippen molar-refractivity contribution in [1.29, 1.82) is 0 Å². The summed E-state index contributed by atoms with van der Waals surface area (Å²) in [6, 6.07) is 13.4. The van der Waals surface area contributed by atoms with Crippen LogP contribution in [0.2, 0.25) is 5.15 Å². The molecule has 0 aliphatic carbocycles. The number of benzene rings is 1. The van der Waals surface area contributed by atoms with Crippen LogP contribution in [0.15, 0.2) is 54.9 Å². The van der Waals surface area contributed by atoms with Crippen molar-refractivity contribution in [1.82, 2.24) is 15.4 Å². The summed E-state index contributed by atoms with van der Waals surface area (Å²) in [5, 5.41) is 1.53. The molecule has 5 heteroatoms. The average Bonchev–Trinajstić information content (AvgIpc) is 2.50. The first-order chi connectivity index (χ1) is 9.79. The molecule has 0 amide bonds. The smallest absolute Gasteiger partial charge is 0.129 e. The summed E-state index contributed by atoms with van der Waals surface area (Å²) < 4.78 is 0. The van der Waals surface area contributed by atoms with E-state index in [4.69, 9.17) is 17.4 Å². The summed E-state index contributed by atoms with van der Waals surface area (Å²) in [6.07, 6.45) is 3.49. The number of rotatable bonds is 3. The Morgan fingerprint density at radius 2 is 1.90 bits per heavy atom. The Kier molecular flexibility index (Phi) is 3.60. The van der Waals surface area contributed by atoms with E-state index in [1.807, 2.05) is 36.4 Å². The number of fused-ring (bicyclic) bond motifs is 1. The molecule has 1 aromatic carbocycles. The lowest BCUT2D eigenvalue weighted by molar-refractivity contribution is 0.638. The van der Waals surface area contributed by atoms with Crippen molar-refractivity contribution in [2.24, 2.45) is 5.84 Å². The molecule has 0 aliphatic rings. The monoisotopic (exact) mass is 284 g/mol. The fraction of sp³-hybridized carbons (Fsp3) is 0.0667. The topological polar surface area (TPSA) is 63.8 Å². The minimum Gasteiger partial charge on any atom is -0.271 e. The van der Waals surface area contributed by atoms with Gasteiger partial charge in [0.1, 0.15) is 5.15 Å². The molecule has 2 aromatic heterocycles. The summed E-state index contributed by atoms with van der Waals surface area (Å²) in [4.78, 5) is 8.55. The van der Waals surface area contributed by atoms with Crippen LogP contribution >= 0.6 is 11.6 Å². The zero-order valence-electron chi connectivity index (χ0n) is 10.6. The second-order valence-corrected chi connectivity index (χ2v) is 4.82. The molecule has 1 atom stereocenters. The average molecular weight is 285 g/mol. The second-order valence-electron chi connectivity index (χ2n) is 4.44. The Hall–Kier alpha value is -2.01. The number of hydrogen-bond donors (Lipinski definition) is 2. The van der Waals surface area contributed by atoms with Gasteiger partial charge >= 0.3 is 0 Å². The van der Waals surface area contributed by atoms with E-state index in [-0.39, 0.29) is 6.04 Å². The third kappa shape index (κ3) is 2.36. The minimum absolute atomic E-state index is 0.182. The SMILES string of the molecule is NNC(c1ccc(Cl)nc1)c1cccc2cccnc12. The van der Waals surface area contributed by atoms with Gasteiger partial charge in [0.2, 0.25) is 0 Å². The number of para-hydroxylation sites is 1. The van der Waals surface area contributed by atoms with Crippen molar-refractivity contribution < 1.29 is 0 Å². The van der Waals surface area contributed by atoms with E-state index in [0.717, 1.165) is 22.0 Å². The Bertz CT molecular complexity index is 722. The van der Waals surface area contributed by atoms with Gasteiger partial charge in [-0.2, -0.15) is 0 Å².